The van der Waals surface area contributed by atoms with E-state index in [1.165, 1.54) is 4.88 Å². The van der Waals surface area contributed by atoms with Crippen LogP contribution in [-0.4, -0.2) is 36.0 Å². The van der Waals surface area contributed by atoms with Crippen molar-refractivity contribution < 1.29 is 9.84 Å². The number of nitrogens with zero attached hydrogens (tertiary/aromatic N) is 1. The molecule has 1 heterocycles. The minimum absolute atomic E-state index is 0.214. The topological polar surface area (TPSA) is 54.4 Å². The van der Waals surface area contributed by atoms with Crippen LogP contribution in [0.15, 0.2) is 0 Å². The zero-order valence-electron chi connectivity index (χ0n) is 12.6. The van der Waals surface area contributed by atoms with Gasteiger partial charge in [-0.25, -0.2) is 4.98 Å². The van der Waals surface area contributed by atoms with Crippen molar-refractivity contribution in [2.75, 3.05) is 19.8 Å². The molecule has 2 unspecified atom stereocenters. The van der Waals surface area contributed by atoms with E-state index in [1.54, 1.807) is 11.3 Å². The predicted octanol–water partition coefficient (Wildman–Crippen LogP) is 2.44. The molecule has 5 heteroatoms. The first-order valence-corrected chi connectivity index (χ1v) is 7.65. The SMILES string of the molecule is Cc1nc(C)c(C(C)NCC(O)COCC(C)C)s1. The first-order valence-electron chi connectivity index (χ1n) is 6.83. The number of rotatable bonds is 8. The summed E-state index contributed by atoms with van der Waals surface area (Å²) in [5.41, 5.74) is 1.08. The van der Waals surface area contributed by atoms with Crippen molar-refractivity contribution in [3.63, 3.8) is 0 Å². The predicted molar refractivity (Wildman–Crippen MR) is 79.7 cm³/mol. The van der Waals surface area contributed by atoms with Gasteiger partial charge in [-0.3, -0.25) is 0 Å². The van der Waals surface area contributed by atoms with Crippen LogP contribution in [0.3, 0.4) is 0 Å². The van der Waals surface area contributed by atoms with Gasteiger partial charge in [-0.05, 0) is 26.7 Å². The third-order valence-corrected chi connectivity index (χ3v) is 4.01. The Hall–Kier alpha value is -0.490. The second-order valence-corrected chi connectivity index (χ2v) is 6.63. The third-order valence-electron chi connectivity index (χ3n) is 2.75. The number of aliphatic hydroxyl groups is 1. The fourth-order valence-corrected chi connectivity index (χ4v) is 2.81. The van der Waals surface area contributed by atoms with Crippen LogP contribution in [0.1, 0.15) is 42.4 Å². The van der Waals surface area contributed by atoms with E-state index in [1.807, 2.05) is 13.8 Å². The zero-order chi connectivity index (χ0) is 14.4. The summed E-state index contributed by atoms with van der Waals surface area (Å²) in [6.45, 7) is 12.0. The van der Waals surface area contributed by atoms with Gasteiger partial charge in [-0.2, -0.15) is 0 Å². The molecular formula is C14H26N2O2S. The smallest absolute Gasteiger partial charge is 0.0900 e. The van der Waals surface area contributed by atoms with E-state index < -0.39 is 6.10 Å². The largest absolute Gasteiger partial charge is 0.389 e. The van der Waals surface area contributed by atoms with Crippen LogP contribution in [0.4, 0.5) is 0 Å². The molecule has 110 valence electrons. The molecule has 1 rings (SSSR count). The van der Waals surface area contributed by atoms with E-state index in [2.05, 4.69) is 31.1 Å². The Morgan fingerprint density at radius 3 is 2.47 bits per heavy atom. The fourth-order valence-electron chi connectivity index (χ4n) is 1.85. The summed E-state index contributed by atoms with van der Waals surface area (Å²) in [5, 5.41) is 14.2. The van der Waals surface area contributed by atoms with Gasteiger partial charge in [0.2, 0.25) is 0 Å². The molecule has 0 radical (unpaired) electrons. The highest BCUT2D eigenvalue weighted by Gasteiger charge is 2.14. The Morgan fingerprint density at radius 2 is 1.95 bits per heavy atom. The molecule has 0 spiro atoms. The highest BCUT2D eigenvalue weighted by Crippen LogP contribution is 2.24. The monoisotopic (exact) mass is 286 g/mol. The van der Waals surface area contributed by atoms with Crippen molar-refractivity contribution in [1.82, 2.24) is 10.3 Å². The van der Waals surface area contributed by atoms with Crippen molar-refractivity contribution >= 4 is 11.3 Å². The number of hydrogen-bond donors (Lipinski definition) is 2. The van der Waals surface area contributed by atoms with Crippen LogP contribution in [0.25, 0.3) is 0 Å². The van der Waals surface area contributed by atoms with Gasteiger partial charge in [-0.15, -0.1) is 11.3 Å². The first kappa shape index (κ1) is 16.6. The van der Waals surface area contributed by atoms with Crippen LogP contribution in [0, 0.1) is 19.8 Å². The molecule has 0 bridgehead atoms. The molecule has 0 aliphatic carbocycles. The molecule has 0 aliphatic rings. The van der Waals surface area contributed by atoms with Crippen molar-refractivity contribution in [2.24, 2.45) is 5.92 Å². The van der Waals surface area contributed by atoms with Gasteiger partial charge in [0.15, 0.2) is 0 Å². The van der Waals surface area contributed by atoms with Gasteiger partial charge in [0.25, 0.3) is 0 Å². The summed E-state index contributed by atoms with van der Waals surface area (Å²) >= 11 is 1.71. The van der Waals surface area contributed by atoms with Gasteiger partial charge in [0, 0.05) is 24.1 Å². The molecule has 4 nitrogen and oxygen atoms in total. The lowest BCUT2D eigenvalue weighted by molar-refractivity contribution is 0.0252. The fraction of sp³-hybridized carbons (Fsp3) is 0.786. The number of ether oxygens (including phenoxy) is 1. The van der Waals surface area contributed by atoms with E-state index in [4.69, 9.17) is 4.74 Å². The number of aromatic nitrogens is 1. The van der Waals surface area contributed by atoms with Crippen LogP contribution in [0.2, 0.25) is 0 Å². The first-order chi connectivity index (χ1) is 8.90. The van der Waals surface area contributed by atoms with E-state index in [0.717, 1.165) is 10.7 Å². The second kappa shape index (κ2) is 7.94. The zero-order valence-corrected chi connectivity index (χ0v) is 13.4. The lowest BCUT2D eigenvalue weighted by Gasteiger charge is -2.17. The van der Waals surface area contributed by atoms with E-state index in [0.29, 0.717) is 25.7 Å². The van der Waals surface area contributed by atoms with Crippen molar-refractivity contribution in [3.05, 3.63) is 15.6 Å². The summed E-state index contributed by atoms with van der Waals surface area (Å²) < 4.78 is 5.42. The van der Waals surface area contributed by atoms with Gasteiger partial charge in [0.05, 0.1) is 23.4 Å². The van der Waals surface area contributed by atoms with Crippen LogP contribution < -0.4 is 5.32 Å². The van der Waals surface area contributed by atoms with Gasteiger partial charge >= 0.3 is 0 Å². The van der Waals surface area contributed by atoms with Gasteiger partial charge < -0.3 is 15.2 Å². The Morgan fingerprint density at radius 1 is 1.26 bits per heavy atom. The van der Waals surface area contributed by atoms with Crippen molar-refractivity contribution in [1.29, 1.82) is 0 Å². The highest BCUT2D eigenvalue weighted by molar-refractivity contribution is 7.11. The molecule has 1 aromatic heterocycles. The maximum absolute atomic E-state index is 9.83. The summed E-state index contributed by atoms with van der Waals surface area (Å²) in [4.78, 5) is 5.66. The summed E-state index contributed by atoms with van der Waals surface area (Å²) in [5.74, 6) is 0.502. The number of aliphatic hydroxyl groups excluding tert-OH is 1. The standard InChI is InChI=1S/C14H26N2O2S/c1-9(2)7-18-8-13(17)6-15-10(3)14-11(4)16-12(5)19-14/h9-10,13,15,17H,6-8H2,1-5H3. The molecule has 0 saturated carbocycles. The summed E-state index contributed by atoms with van der Waals surface area (Å²) in [6, 6.07) is 0.214. The number of aryl methyl sites for hydroxylation is 2. The molecule has 0 aliphatic heterocycles. The average molecular weight is 286 g/mol. The van der Waals surface area contributed by atoms with E-state index in [-0.39, 0.29) is 6.04 Å². The highest BCUT2D eigenvalue weighted by atomic mass is 32.1. The second-order valence-electron chi connectivity index (χ2n) is 5.40. The molecule has 0 aromatic carbocycles. The summed E-state index contributed by atoms with van der Waals surface area (Å²) in [7, 11) is 0. The maximum atomic E-state index is 9.83. The molecule has 2 N–H and O–H groups in total. The molecule has 0 saturated heterocycles. The van der Waals surface area contributed by atoms with Crippen LogP contribution in [-0.2, 0) is 4.74 Å². The minimum atomic E-state index is -0.462. The Kier molecular flexibility index (Phi) is 6.93. The minimum Gasteiger partial charge on any atom is -0.389 e. The van der Waals surface area contributed by atoms with Gasteiger partial charge in [0.1, 0.15) is 0 Å². The lowest BCUT2D eigenvalue weighted by Crippen LogP contribution is -2.32. The Labute approximate surface area is 120 Å². The molecule has 2 atom stereocenters. The maximum Gasteiger partial charge on any atom is 0.0900 e. The number of hydrogen-bond acceptors (Lipinski definition) is 5. The third kappa shape index (κ3) is 5.99. The van der Waals surface area contributed by atoms with Crippen LogP contribution >= 0.6 is 11.3 Å². The Balaban J connectivity index is 2.29. The van der Waals surface area contributed by atoms with Gasteiger partial charge in [-0.1, -0.05) is 13.8 Å². The normalized spacial score (nSPS) is 14.9. The quantitative estimate of drug-likeness (QED) is 0.771. The van der Waals surface area contributed by atoms with Crippen LogP contribution in [0.5, 0.6) is 0 Å². The number of nitrogens with one attached hydrogen (secondary N) is 1. The molecular weight excluding hydrogens is 260 g/mol. The molecule has 19 heavy (non-hydrogen) atoms. The van der Waals surface area contributed by atoms with E-state index in [9.17, 15) is 5.11 Å². The molecule has 0 amide bonds. The number of thiazole rings is 1. The lowest BCUT2D eigenvalue weighted by atomic mass is 10.2. The molecule has 0 fully saturated rings. The Bertz CT molecular complexity index is 380. The average Bonchev–Trinajstić information content (AvgIpc) is 2.65. The summed E-state index contributed by atoms with van der Waals surface area (Å²) in [6.07, 6.45) is -0.462. The van der Waals surface area contributed by atoms with E-state index >= 15 is 0 Å². The van der Waals surface area contributed by atoms with Crippen molar-refractivity contribution in [3.8, 4) is 0 Å². The van der Waals surface area contributed by atoms with Crippen molar-refractivity contribution in [2.45, 2.75) is 46.8 Å². The molecule has 1 aromatic rings.